The summed E-state index contributed by atoms with van der Waals surface area (Å²) in [5.41, 5.74) is 2.41. The highest BCUT2D eigenvalue weighted by Gasteiger charge is 2.42. The Kier molecular flexibility index (Phi) is 7.34. The second-order valence-corrected chi connectivity index (χ2v) is 11.2. The van der Waals surface area contributed by atoms with Gasteiger partial charge in [0.1, 0.15) is 11.5 Å². The maximum absolute atomic E-state index is 12.5. The van der Waals surface area contributed by atoms with Gasteiger partial charge in [0, 0.05) is 34.7 Å². The maximum Gasteiger partial charge on any atom is 0.303 e. The number of hydrogen-bond acceptors (Lipinski definition) is 10. The molecule has 1 fully saturated rings. The number of carboxylic acids is 2. The first-order chi connectivity index (χ1) is 18.7. The fraction of sp³-hybridized carbons (Fsp3) is 0.296. The molecular formula is C27H24N2O8S2. The Balaban J connectivity index is 1.42. The molecule has 0 saturated carbocycles. The second kappa shape index (κ2) is 10.7. The number of carboxylic acid groups (broad SMARTS) is 2. The Bertz CT molecular complexity index is 1520. The van der Waals surface area contributed by atoms with Gasteiger partial charge in [0.15, 0.2) is 16.6 Å². The number of nitrogens with one attached hydrogen (secondary N) is 1. The third kappa shape index (κ3) is 5.49. The number of hydrogen-bond donors (Lipinski definition) is 3. The molecule has 39 heavy (non-hydrogen) atoms. The zero-order valence-corrected chi connectivity index (χ0v) is 22.6. The van der Waals surface area contributed by atoms with Crippen molar-refractivity contribution >= 4 is 66.5 Å². The topological polar surface area (TPSA) is 162 Å². The summed E-state index contributed by atoms with van der Waals surface area (Å²) in [5.74, 6) is -1.28. The van der Waals surface area contributed by atoms with Gasteiger partial charge in [0.05, 0.1) is 54.2 Å². The molecule has 2 atom stereocenters. The third-order valence-electron chi connectivity index (χ3n) is 6.51. The van der Waals surface area contributed by atoms with Gasteiger partial charge in [-0.2, -0.15) is 0 Å². The molecule has 1 aliphatic heterocycles. The Morgan fingerprint density at radius 2 is 1.38 bits per heavy atom. The van der Waals surface area contributed by atoms with Crippen LogP contribution in [0.3, 0.4) is 0 Å². The van der Waals surface area contributed by atoms with Gasteiger partial charge in [-0.3, -0.25) is 24.5 Å². The summed E-state index contributed by atoms with van der Waals surface area (Å²) in [6, 6.07) is 9.17. The molecule has 1 saturated heterocycles. The van der Waals surface area contributed by atoms with E-state index in [0.717, 1.165) is 25.9 Å². The van der Waals surface area contributed by atoms with E-state index in [1.54, 1.807) is 26.4 Å². The van der Waals surface area contributed by atoms with E-state index in [0.29, 0.717) is 21.9 Å². The second-order valence-electron chi connectivity index (χ2n) is 9.08. The van der Waals surface area contributed by atoms with E-state index < -0.39 is 11.9 Å². The van der Waals surface area contributed by atoms with E-state index in [1.807, 2.05) is 18.2 Å². The van der Waals surface area contributed by atoms with Crippen molar-refractivity contribution in [2.75, 3.05) is 14.2 Å². The minimum Gasteiger partial charge on any atom is -0.496 e. The molecule has 0 aliphatic carbocycles. The molecule has 2 unspecified atom stereocenters. The number of thiophene rings is 1. The first-order valence-corrected chi connectivity index (χ1v) is 13.7. The maximum atomic E-state index is 12.5. The van der Waals surface area contributed by atoms with Crippen LogP contribution in [-0.4, -0.2) is 52.9 Å². The number of Topliss-reactive ketones (excluding diaryl/α,β-unsaturated/α-hetero) is 2. The van der Waals surface area contributed by atoms with Crippen LogP contribution >= 0.6 is 22.7 Å². The number of nitrogens with zero attached hydrogens (tertiary/aromatic N) is 1. The van der Waals surface area contributed by atoms with Crippen LogP contribution in [0.4, 0.5) is 0 Å². The van der Waals surface area contributed by atoms with Gasteiger partial charge in [-0.15, -0.1) is 22.7 Å². The molecule has 0 amide bonds. The molecule has 5 rings (SSSR count). The Morgan fingerprint density at radius 3 is 2.00 bits per heavy atom. The summed E-state index contributed by atoms with van der Waals surface area (Å²) in [7, 11) is 3.15. The first-order valence-electron chi connectivity index (χ1n) is 12.0. The van der Waals surface area contributed by atoms with Crippen LogP contribution in [0, 0.1) is 0 Å². The van der Waals surface area contributed by atoms with Gasteiger partial charge in [0.2, 0.25) is 0 Å². The predicted molar refractivity (Wildman–Crippen MR) is 146 cm³/mol. The fourth-order valence-corrected chi connectivity index (χ4v) is 6.52. The standard InChI is InChI=1S/C27H24N2O8S2/c1-36-18-7-12-8-22(16(30)3-5-23(32)33)38-20(12)9-13(18)25-26(29-25)14-10-21-15(11-19(14)37-2)28-27(39-21)17(31)4-6-24(34)35/h7-11,25-26,29H,3-6H2,1-2H3,(H,32,33)(H,34,35). The van der Waals surface area contributed by atoms with Crippen molar-refractivity contribution in [1.82, 2.24) is 10.3 Å². The molecule has 2 aromatic carbocycles. The number of carbonyl (C=O) groups excluding carboxylic acids is 2. The number of benzene rings is 2. The highest BCUT2D eigenvalue weighted by atomic mass is 32.1. The van der Waals surface area contributed by atoms with E-state index in [9.17, 15) is 19.2 Å². The smallest absolute Gasteiger partial charge is 0.303 e. The Hall–Kier alpha value is -3.87. The minimum atomic E-state index is -1.03. The summed E-state index contributed by atoms with van der Waals surface area (Å²) >= 11 is 2.55. The van der Waals surface area contributed by atoms with Gasteiger partial charge in [-0.25, -0.2) is 4.98 Å². The monoisotopic (exact) mass is 568 g/mol. The lowest BCUT2D eigenvalue weighted by Gasteiger charge is -2.10. The van der Waals surface area contributed by atoms with E-state index in [2.05, 4.69) is 10.3 Å². The zero-order valence-electron chi connectivity index (χ0n) is 21.0. The molecule has 202 valence electrons. The van der Waals surface area contributed by atoms with Crippen LogP contribution in [-0.2, 0) is 9.59 Å². The van der Waals surface area contributed by atoms with E-state index in [-0.39, 0.29) is 54.3 Å². The van der Waals surface area contributed by atoms with Crippen molar-refractivity contribution in [1.29, 1.82) is 0 Å². The molecule has 0 spiro atoms. The molecule has 3 heterocycles. The van der Waals surface area contributed by atoms with Crippen molar-refractivity contribution in [3.05, 3.63) is 51.3 Å². The number of fused-ring (bicyclic) bond motifs is 2. The molecule has 1 aliphatic rings. The van der Waals surface area contributed by atoms with Crippen LogP contribution in [0.25, 0.3) is 20.3 Å². The minimum absolute atomic E-state index is 0.0505. The summed E-state index contributed by atoms with van der Waals surface area (Å²) in [4.78, 5) is 51.5. The van der Waals surface area contributed by atoms with Crippen molar-refractivity contribution in [2.45, 2.75) is 37.8 Å². The number of aliphatic carboxylic acids is 2. The summed E-state index contributed by atoms with van der Waals surface area (Å²) in [5, 5.41) is 22.3. The van der Waals surface area contributed by atoms with Gasteiger partial charge in [0.25, 0.3) is 0 Å². The average molecular weight is 569 g/mol. The summed E-state index contributed by atoms with van der Waals surface area (Å²) in [6.07, 6.45) is -0.612. The lowest BCUT2D eigenvalue weighted by atomic mass is 10.0. The molecule has 12 heteroatoms. The fourth-order valence-electron chi connectivity index (χ4n) is 4.50. The normalized spacial score (nSPS) is 16.4. The van der Waals surface area contributed by atoms with E-state index >= 15 is 0 Å². The average Bonchev–Trinajstić information content (AvgIpc) is 3.40. The number of thiazole rings is 1. The number of rotatable bonds is 12. The summed E-state index contributed by atoms with van der Waals surface area (Å²) in [6.45, 7) is 0. The highest BCUT2D eigenvalue weighted by Crippen LogP contribution is 2.50. The molecule has 0 bridgehead atoms. The molecule has 2 aromatic heterocycles. The van der Waals surface area contributed by atoms with E-state index in [1.165, 1.54) is 22.7 Å². The lowest BCUT2D eigenvalue weighted by Crippen LogP contribution is -2.03. The number of ether oxygens (including phenoxy) is 2. The highest BCUT2D eigenvalue weighted by molar-refractivity contribution is 7.21. The first kappa shape index (κ1) is 26.7. The zero-order chi connectivity index (χ0) is 27.8. The summed E-state index contributed by atoms with van der Waals surface area (Å²) < 4.78 is 13.0. The van der Waals surface area contributed by atoms with Crippen LogP contribution in [0.2, 0.25) is 0 Å². The van der Waals surface area contributed by atoms with Gasteiger partial charge < -0.3 is 19.7 Å². The number of ketones is 2. The van der Waals surface area contributed by atoms with Crippen LogP contribution in [0.5, 0.6) is 11.5 Å². The molecule has 0 radical (unpaired) electrons. The lowest BCUT2D eigenvalue weighted by molar-refractivity contribution is -0.137. The molecule has 4 aromatic rings. The Morgan fingerprint density at radius 1 is 0.795 bits per heavy atom. The van der Waals surface area contributed by atoms with Gasteiger partial charge >= 0.3 is 11.9 Å². The van der Waals surface area contributed by atoms with Gasteiger partial charge in [-0.1, -0.05) is 0 Å². The molecule has 10 nitrogen and oxygen atoms in total. The molecular weight excluding hydrogens is 544 g/mol. The van der Waals surface area contributed by atoms with Gasteiger partial charge in [-0.05, 0) is 29.7 Å². The number of methoxy groups -OCH3 is 2. The quantitative estimate of drug-likeness (QED) is 0.156. The van der Waals surface area contributed by atoms with Crippen LogP contribution in [0.1, 0.15) is 68.4 Å². The van der Waals surface area contributed by atoms with Crippen molar-refractivity contribution in [3.8, 4) is 11.5 Å². The largest absolute Gasteiger partial charge is 0.496 e. The van der Waals surface area contributed by atoms with Crippen molar-refractivity contribution in [3.63, 3.8) is 0 Å². The van der Waals surface area contributed by atoms with E-state index in [4.69, 9.17) is 19.7 Å². The van der Waals surface area contributed by atoms with Crippen molar-refractivity contribution in [2.24, 2.45) is 0 Å². The van der Waals surface area contributed by atoms with Crippen LogP contribution in [0.15, 0.2) is 30.3 Å². The Labute approximate surface area is 230 Å². The number of aromatic nitrogens is 1. The third-order valence-corrected chi connectivity index (χ3v) is 8.71. The SMILES string of the molecule is COc1cc2cc(C(=O)CCC(=O)O)sc2cc1C1NC1c1cc2sc(C(=O)CCC(=O)O)nc2cc1OC. The number of carbonyl (C=O) groups is 4. The van der Waals surface area contributed by atoms with Crippen molar-refractivity contribution < 1.29 is 38.9 Å². The molecule has 3 N–H and O–H groups in total. The predicted octanol–water partition coefficient (Wildman–Crippen LogP) is 5.01. The van der Waals surface area contributed by atoms with Crippen LogP contribution < -0.4 is 14.8 Å².